The van der Waals surface area contributed by atoms with Gasteiger partial charge in [0.25, 0.3) is 5.91 Å². The number of nitrogens with zero attached hydrogens (tertiary/aromatic N) is 4. The monoisotopic (exact) mass is 501 g/mol. The predicted octanol–water partition coefficient (Wildman–Crippen LogP) is 5.03. The molecule has 4 rings (SSSR count). The Morgan fingerprint density at radius 3 is 2.76 bits per heavy atom. The van der Waals surface area contributed by atoms with Crippen molar-refractivity contribution in [2.24, 2.45) is 0 Å². The Hall–Kier alpha value is -2.92. The van der Waals surface area contributed by atoms with Crippen LogP contribution < -0.4 is 10.2 Å². The number of nitrogens with one attached hydrogen (secondary N) is 1. The van der Waals surface area contributed by atoms with Gasteiger partial charge in [-0.05, 0) is 31.2 Å². The van der Waals surface area contributed by atoms with E-state index in [1.165, 1.54) is 23.1 Å². The summed E-state index contributed by atoms with van der Waals surface area (Å²) in [6.07, 6.45) is 0. The van der Waals surface area contributed by atoms with Crippen LogP contribution in [0.2, 0.25) is 5.02 Å². The zero-order valence-corrected chi connectivity index (χ0v) is 20.2. The van der Waals surface area contributed by atoms with Crippen molar-refractivity contribution in [1.29, 1.82) is 0 Å². The maximum atomic E-state index is 12.0. The summed E-state index contributed by atoms with van der Waals surface area (Å²) in [5, 5.41) is 12.5. The van der Waals surface area contributed by atoms with Crippen LogP contribution in [0.5, 0.6) is 5.75 Å². The number of ether oxygens (including phenoxy) is 1. The molecular formula is C22H20ClN5O3S2. The van der Waals surface area contributed by atoms with Crippen molar-refractivity contribution in [2.45, 2.75) is 17.8 Å². The van der Waals surface area contributed by atoms with Crippen molar-refractivity contribution >= 4 is 40.6 Å². The first-order valence-corrected chi connectivity index (χ1v) is 12.2. The molecule has 0 aliphatic rings. The van der Waals surface area contributed by atoms with Gasteiger partial charge >= 0.3 is 0 Å². The summed E-state index contributed by atoms with van der Waals surface area (Å²) in [6, 6.07) is 15.1. The Morgan fingerprint density at radius 1 is 1.18 bits per heavy atom. The zero-order valence-electron chi connectivity index (χ0n) is 17.8. The van der Waals surface area contributed by atoms with Gasteiger partial charge in [0.15, 0.2) is 11.0 Å². The molecule has 0 saturated carbocycles. The first kappa shape index (κ1) is 23.2. The van der Waals surface area contributed by atoms with Crippen LogP contribution in [0.25, 0.3) is 17.1 Å². The van der Waals surface area contributed by atoms with Gasteiger partial charge in [-0.15, -0.1) is 21.5 Å². The predicted molar refractivity (Wildman–Crippen MR) is 129 cm³/mol. The number of methoxy groups -OCH3 is 1. The van der Waals surface area contributed by atoms with E-state index in [4.69, 9.17) is 21.2 Å². The second-order valence-corrected chi connectivity index (χ2v) is 8.86. The number of amides is 1. The fraction of sp³-hybridized carbons (Fsp3) is 0.182. The summed E-state index contributed by atoms with van der Waals surface area (Å²) in [7, 11) is 1.62. The number of hydrogen-bond donors (Lipinski definition) is 1. The number of carbonyl (C=O) groups excluding carboxylic acids is 1. The summed E-state index contributed by atoms with van der Waals surface area (Å²) in [4.78, 5) is 21.4. The summed E-state index contributed by atoms with van der Waals surface area (Å²) >= 11 is 9.32. The lowest BCUT2D eigenvalue weighted by atomic mass is 10.2. The van der Waals surface area contributed by atoms with Gasteiger partial charge in [0, 0.05) is 10.9 Å². The highest BCUT2D eigenvalue weighted by molar-refractivity contribution is 7.98. The number of rotatable bonds is 9. The number of thioether (sulfide) groups is 1. The molecule has 11 heteroatoms. The molecule has 0 radical (unpaired) electrons. The summed E-state index contributed by atoms with van der Waals surface area (Å²) < 4.78 is 7.50. The van der Waals surface area contributed by atoms with Gasteiger partial charge in [-0.2, -0.15) is 0 Å². The molecule has 0 saturated heterocycles. The second kappa shape index (κ2) is 10.8. The first-order valence-electron chi connectivity index (χ1n) is 9.95. The number of para-hydroxylation sites is 2. The molecule has 0 spiro atoms. The van der Waals surface area contributed by atoms with Crippen LogP contribution >= 0.6 is 34.7 Å². The Balaban J connectivity index is 1.66. The molecule has 2 heterocycles. The van der Waals surface area contributed by atoms with Crippen LogP contribution in [0.4, 0.5) is 0 Å². The second-order valence-electron chi connectivity index (χ2n) is 6.57. The van der Waals surface area contributed by atoms with E-state index in [9.17, 15) is 4.79 Å². The highest BCUT2D eigenvalue weighted by atomic mass is 35.5. The lowest BCUT2D eigenvalue weighted by molar-refractivity contribution is 0.0360. The van der Waals surface area contributed by atoms with Crippen molar-refractivity contribution in [3.8, 4) is 22.8 Å². The van der Waals surface area contributed by atoms with Crippen LogP contribution in [0.15, 0.2) is 59.1 Å². The molecule has 1 N–H and O–H groups in total. The summed E-state index contributed by atoms with van der Waals surface area (Å²) in [6.45, 7) is 2.17. The molecule has 1 amide bonds. The van der Waals surface area contributed by atoms with Gasteiger partial charge in [0.2, 0.25) is 0 Å². The Bertz CT molecular complexity index is 1260. The van der Waals surface area contributed by atoms with E-state index in [0.717, 1.165) is 16.3 Å². The van der Waals surface area contributed by atoms with Gasteiger partial charge in [-0.25, -0.2) is 10.5 Å². The Labute approximate surface area is 203 Å². The first-order chi connectivity index (χ1) is 16.1. The van der Waals surface area contributed by atoms with Crippen molar-refractivity contribution in [3.05, 3.63) is 69.6 Å². The fourth-order valence-corrected chi connectivity index (χ4v) is 4.97. The van der Waals surface area contributed by atoms with Crippen LogP contribution in [0, 0.1) is 0 Å². The average molecular weight is 502 g/mol. The Morgan fingerprint density at radius 2 is 1.97 bits per heavy atom. The van der Waals surface area contributed by atoms with Crippen LogP contribution in [-0.2, 0) is 10.6 Å². The van der Waals surface area contributed by atoms with Crippen LogP contribution in [-0.4, -0.2) is 39.4 Å². The lowest BCUT2D eigenvalue weighted by Gasteiger charge is -2.14. The van der Waals surface area contributed by atoms with E-state index >= 15 is 0 Å². The van der Waals surface area contributed by atoms with Gasteiger partial charge in [-0.1, -0.05) is 47.6 Å². The summed E-state index contributed by atoms with van der Waals surface area (Å²) in [5.41, 5.74) is 4.21. The van der Waals surface area contributed by atoms with Crippen molar-refractivity contribution < 1.29 is 14.4 Å². The lowest BCUT2D eigenvalue weighted by Crippen LogP contribution is -2.23. The van der Waals surface area contributed by atoms with E-state index < -0.39 is 0 Å². The molecule has 0 aliphatic heterocycles. The normalized spacial score (nSPS) is 10.9. The molecule has 33 heavy (non-hydrogen) atoms. The maximum absolute atomic E-state index is 12.0. The fourth-order valence-electron chi connectivity index (χ4n) is 3.01. The molecule has 170 valence electrons. The number of hydroxylamine groups is 1. The molecule has 0 aliphatic carbocycles. The van der Waals surface area contributed by atoms with Gasteiger partial charge in [0.1, 0.15) is 16.5 Å². The number of hydrogen-bond acceptors (Lipinski definition) is 8. The zero-order chi connectivity index (χ0) is 23.2. The maximum Gasteiger partial charge on any atom is 0.294 e. The number of thiazole rings is 1. The highest BCUT2D eigenvalue weighted by Crippen LogP contribution is 2.36. The quantitative estimate of drug-likeness (QED) is 0.254. The Kier molecular flexibility index (Phi) is 7.61. The van der Waals surface area contributed by atoms with E-state index in [-0.39, 0.29) is 5.91 Å². The number of aromatic nitrogens is 4. The smallest absolute Gasteiger partial charge is 0.294 e. The van der Waals surface area contributed by atoms with E-state index in [1.54, 1.807) is 19.4 Å². The molecule has 8 nitrogen and oxygen atoms in total. The van der Waals surface area contributed by atoms with E-state index in [2.05, 4.69) is 20.7 Å². The minimum Gasteiger partial charge on any atom is -0.495 e. The van der Waals surface area contributed by atoms with Gasteiger partial charge < -0.3 is 4.74 Å². The van der Waals surface area contributed by atoms with Gasteiger partial charge in [-0.3, -0.25) is 14.2 Å². The number of carbonyl (C=O) groups is 1. The molecule has 0 unspecified atom stereocenters. The van der Waals surface area contributed by atoms with Gasteiger partial charge in [0.05, 0.1) is 30.2 Å². The third kappa shape index (κ3) is 5.19. The minimum absolute atomic E-state index is 0.312. The molecule has 0 fully saturated rings. The molecule has 4 aromatic rings. The third-order valence-electron chi connectivity index (χ3n) is 4.49. The highest BCUT2D eigenvalue weighted by Gasteiger charge is 2.21. The third-order valence-corrected chi connectivity index (χ3v) is 6.79. The molecule has 0 atom stereocenters. The van der Waals surface area contributed by atoms with E-state index in [0.29, 0.717) is 39.8 Å². The average Bonchev–Trinajstić information content (AvgIpc) is 3.48. The molecular weight excluding hydrogens is 482 g/mol. The number of halogens is 1. The SMILES string of the molecule is CCONC(=O)c1csc(CSc2nnc(-c3ccccc3Cl)n2-c2ccccc2OC)n1. The summed E-state index contributed by atoms with van der Waals surface area (Å²) in [5.74, 6) is 1.41. The molecule has 0 bridgehead atoms. The number of benzene rings is 2. The van der Waals surface area contributed by atoms with Crippen LogP contribution in [0.1, 0.15) is 22.4 Å². The standard InChI is InChI=1S/C22H20ClN5O3S2/c1-3-31-27-21(29)16-12-32-19(24-16)13-33-22-26-25-20(14-8-4-5-9-15(14)23)28(22)17-10-6-7-11-18(17)30-2/h4-12H,3,13H2,1-2H3,(H,27,29). The topological polar surface area (TPSA) is 91.2 Å². The minimum atomic E-state index is -0.373. The van der Waals surface area contributed by atoms with Crippen molar-refractivity contribution in [2.75, 3.05) is 13.7 Å². The molecule has 2 aromatic heterocycles. The van der Waals surface area contributed by atoms with E-state index in [1.807, 2.05) is 53.1 Å². The van der Waals surface area contributed by atoms with Crippen LogP contribution in [0.3, 0.4) is 0 Å². The van der Waals surface area contributed by atoms with Crippen molar-refractivity contribution in [1.82, 2.24) is 25.2 Å². The largest absolute Gasteiger partial charge is 0.495 e. The molecule has 2 aromatic carbocycles. The van der Waals surface area contributed by atoms with Crippen molar-refractivity contribution in [3.63, 3.8) is 0 Å².